The van der Waals surface area contributed by atoms with Crippen LogP contribution >= 0.6 is 11.8 Å². The molecule has 28 heavy (non-hydrogen) atoms. The predicted octanol–water partition coefficient (Wildman–Crippen LogP) is 4.39. The van der Waals surface area contributed by atoms with Crippen LogP contribution in [-0.4, -0.2) is 21.6 Å². The number of methoxy groups -OCH3 is 1. The van der Waals surface area contributed by atoms with Crippen molar-refractivity contribution in [2.75, 3.05) is 7.11 Å². The zero-order valence-corrected chi connectivity index (χ0v) is 16.4. The summed E-state index contributed by atoms with van der Waals surface area (Å²) in [4.78, 5) is 22.4. The van der Waals surface area contributed by atoms with E-state index >= 15 is 0 Å². The van der Waals surface area contributed by atoms with Crippen LogP contribution in [0.3, 0.4) is 0 Å². The van der Waals surface area contributed by atoms with E-state index in [1.807, 2.05) is 61.5 Å². The Hall–Kier alpha value is -3.12. The van der Waals surface area contributed by atoms with Crippen LogP contribution in [0.2, 0.25) is 0 Å². The highest BCUT2D eigenvalue weighted by molar-refractivity contribution is 7.98. The normalized spacial score (nSPS) is 10.9. The summed E-state index contributed by atoms with van der Waals surface area (Å²) in [7, 11) is 1.65. The van der Waals surface area contributed by atoms with Crippen molar-refractivity contribution in [2.45, 2.75) is 17.8 Å². The second-order valence-corrected chi connectivity index (χ2v) is 7.33. The molecule has 0 N–H and O–H groups in total. The number of para-hydroxylation sites is 1. The highest BCUT2D eigenvalue weighted by Crippen LogP contribution is 2.25. The number of benzene rings is 2. The van der Waals surface area contributed by atoms with E-state index in [2.05, 4.69) is 4.98 Å². The number of aryl methyl sites for hydroxylation is 1. The van der Waals surface area contributed by atoms with Gasteiger partial charge in [-0.2, -0.15) is 0 Å². The Balaban J connectivity index is 1.77. The summed E-state index contributed by atoms with van der Waals surface area (Å²) in [6.45, 7) is 1.97. The zero-order valence-electron chi connectivity index (χ0n) is 15.6. The highest BCUT2D eigenvalue weighted by atomic mass is 32.2. The van der Waals surface area contributed by atoms with E-state index in [1.54, 1.807) is 23.9 Å². The minimum Gasteiger partial charge on any atom is -0.497 e. The second-order valence-electron chi connectivity index (χ2n) is 6.38. The predicted molar refractivity (Wildman–Crippen MR) is 112 cm³/mol. The molecule has 0 saturated carbocycles. The fourth-order valence-corrected chi connectivity index (χ4v) is 3.83. The number of pyridine rings is 1. The first kappa shape index (κ1) is 18.3. The number of thioether (sulfide) groups is 1. The Morgan fingerprint density at radius 1 is 1.04 bits per heavy atom. The maximum absolute atomic E-state index is 13.2. The van der Waals surface area contributed by atoms with Gasteiger partial charge in [-0.15, -0.1) is 0 Å². The summed E-state index contributed by atoms with van der Waals surface area (Å²) in [6.07, 6.45) is 1.76. The minimum absolute atomic E-state index is 0.112. The molecule has 6 heteroatoms. The van der Waals surface area contributed by atoms with Gasteiger partial charge in [0.1, 0.15) is 11.6 Å². The van der Waals surface area contributed by atoms with Gasteiger partial charge in [0.15, 0.2) is 5.16 Å². The summed E-state index contributed by atoms with van der Waals surface area (Å²) >= 11 is 1.51. The van der Waals surface area contributed by atoms with Gasteiger partial charge in [-0.05, 0) is 48.4 Å². The van der Waals surface area contributed by atoms with Crippen LogP contribution in [0.1, 0.15) is 11.1 Å². The van der Waals surface area contributed by atoms with Crippen molar-refractivity contribution in [2.24, 2.45) is 0 Å². The van der Waals surface area contributed by atoms with Gasteiger partial charge in [-0.3, -0.25) is 4.79 Å². The Labute approximate surface area is 167 Å². The molecule has 0 spiro atoms. The van der Waals surface area contributed by atoms with Gasteiger partial charge in [0.2, 0.25) is 0 Å². The van der Waals surface area contributed by atoms with E-state index < -0.39 is 0 Å². The third-order valence-corrected chi connectivity index (χ3v) is 5.41. The van der Waals surface area contributed by atoms with Gasteiger partial charge in [0, 0.05) is 11.9 Å². The van der Waals surface area contributed by atoms with Crippen LogP contribution < -0.4 is 10.3 Å². The molecule has 0 radical (unpaired) electrons. The van der Waals surface area contributed by atoms with E-state index in [1.165, 1.54) is 11.8 Å². The fourth-order valence-electron chi connectivity index (χ4n) is 2.87. The first-order valence-electron chi connectivity index (χ1n) is 8.86. The summed E-state index contributed by atoms with van der Waals surface area (Å²) in [5.41, 5.74) is 2.74. The molecule has 0 aliphatic heterocycles. The quantitative estimate of drug-likeness (QED) is 0.374. The molecule has 0 atom stereocenters. The first-order valence-corrected chi connectivity index (χ1v) is 9.85. The van der Waals surface area contributed by atoms with Crippen LogP contribution in [0.5, 0.6) is 5.75 Å². The molecule has 0 fully saturated rings. The van der Waals surface area contributed by atoms with Crippen LogP contribution in [0, 0.1) is 6.92 Å². The van der Waals surface area contributed by atoms with E-state index in [4.69, 9.17) is 9.72 Å². The SMILES string of the molecule is COc1ccc(CSc2nc3ccccc3c(=O)n2-c2ccc(C)cn2)cc1. The summed E-state index contributed by atoms with van der Waals surface area (Å²) in [5, 5.41) is 1.20. The molecule has 5 nitrogen and oxygen atoms in total. The number of nitrogens with zero attached hydrogens (tertiary/aromatic N) is 3. The van der Waals surface area contributed by atoms with Gasteiger partial charge >= 0.3 is 0 Å². The zero-order chi connectivity index (χ0) is 19.5. The molecule has 140 valence electrons. The third kappa shape index (κ3) is 3.64. The van der Waals surface area contributed by atoms with Crippen molar-refractivity contribution in [1.29, 1.82) is 0 Å². The Morgan fingerprint density at radius 2 is 1.82 bits per heavy atom. The van der Waals surface area contributed by atoms with Crippen LogP contribution in [0.25, 0.3) is 16.7 Å². The van der Waals surface area contributed by atoms with Crippen molar-refractivity contribution in [3.8, 4) is 11.6 Å². The average Bonchev–Trinajstić information content (AvgIpc) is 2.74. The topological polar surface area (TPSA) is 57.0 Å². The van der Waals surface area contributed by atoms with Crippen molar-refractivity contribution >= 4 is 22.7 Å². The fraction of sp³-hybridized carbons (Fsp3) is 0.136. The monoisotopic (exact) mass is 389 g/mol. The van der Waals surface area contributed by atoms with E-state index in [9.17, 15) is 4.79 Å². The van der Waals surface area contributed by atoms with E-state index in [-0.39, 0.29) is 5.56 Å². The Kier molecular flexibility index (Phi) is 5.12. The lowest BCUT2D eigenvalue weighted by atomic mass is 10.2. The molecule has 0 amide bonds. The van der Waals surface area contributed by atoms with Crippen LogP contribution in [-0.2, 0) is 5.75 Å². The van der Waals surface area contributed by atoms with Crippen LogP contribution in [0.15, 0.2) is 76.8 Å². The third-order valence-electron chi connectivity index (χ3n) is 4.40. The maximum Gasteiger partial charge on any atom is 0.267 e. The standard InChI is InChI=1S/C22H19N3O2S/c1-15-7-12-20(23-13-15)25-21(26)18-5-3-4-6-19(18)24-22(25)28-14-16-8-10-17(27-2)11-9-16/h3-13H,14H2,1-2H3. The van der Waals surface area contributed by atoms with Gasteiger partial charge < -0.3 is 4.74 Å². The first-order chi connectivity index (χ1) is 13.7. The van der Waals surface area contributed by atoms with Crippen LogP contribution in [0.4, 0.5) is 0 Å². The molecule has 4 rings (SSSR count). The lowest BCUT2D eigenvalue weighted by Gasteiger charge is -2.12. The van der Waals surface area contributed by atoms with Crippen molar-refractivity contribution in [3.05, 3.63) is 88.3 Å². The molecule has 0 saturated heterocycles. The van der Waals surface area contributed by atoms with E-state index in [0.717, 1.165) is 16.9 Å². The molecule has 0 bridgehead atoms. The highest BCUT2D eigenvalue weighted by Gasteiger charge is 2.14. The summed E-state index contributed by atoms with van der Waals surface area (Å²) in [5.74, 6) is 2.07. The molecule has 4 aromatic rings. The minimum atomic E-state index is -0.112. The summed E-state index contributed by atoms with van der Waals surface area (Å²) in [6, 6.07) is 19.1. The number of hydrogen-bond acceptors (Lipinski definition) is 5. The van der Waals surface area contributed by atoms with Gasteiger partial charge in [0.05, 0.1) is 18.0 Å². The molecule has 2 aromatic carbocycles. The number of ether oxygens (including phenoxy) is 1. The van der Waals surface area contributed by atoms with Crippen molar-refractivity contribution in [3.63, 3.8) is 0 Å². The molecular formula is C22H19N3O2S. The maximum atomic E-state index is 13.2. The van der Waals surface area contributed by atoms with Gasteiger partial charge in [-0.25, -0.2) is 14.5 Å². The number of aromatic nitrogens is 3. The smallest absolute Gasteiger partial charge is 0.267 e. The largest absolute Gasteiger partial charge is 0.497 e. The molecule has 2 aromatic heterocycles. The van der Waals surface area contributed by atoms with E-state index in [0.29, 0.717) is 27.6 Å². The molecule has 0 aliphatic rings. The Morgan fingerprint density at radius 3 is 2.54 bits per heavy atom. The lowest BCUT2D eigenvalue weighted by Crippen LogP contribution is -2.22. The molecule has 0 unspecified atom stereocenters. The van der Waals surface area contributed by atoms with Gasteiger partial charge in [0.25, 0.3) is 5.56 Å². The number of hydrogen-bond donors (Lipinski definition) is 0. The second kappa shape index (κ2) is 7.86. The molecular weight excluding hydrogens is 370 g/mol. The average molecular weight is 389 g/mol. The van der Waals surface area contributed by atoms with Crippen molar-refractivity contribution in [1.82, 2.24) is 14.5 Å². The number of fused-ring (bicyclic) bond motifs is 1. The Bertz CT molecular complexity index is 1170. The number of rotatable bonds is 5. The van der Waals surface area contributed by atoms with Gasteiger partial charge in [-0.1, -0.05) is 42.1 Å². The lowest BCUT2D eigenvalue weighted by molar-refractivity contribution is 0.414. The molecule has 2 heterocycles. The molecule has 0 aliphatic carbocycles. The summed E-state index contributed by atoms with van der Waals surface area (Å²) < 4.78 is 6.80. The van der Waals surface area contributed by atoms with Crippen molar-refractivity contribution < 1.29 is 4.74 Å².